The Labute approximate surface area is 132 Å². The van der Waals surface area contributed by atoms with Crippen LogP contribution in [0.25, 0.3) is 0 Å². The van der Waals surface area contributed by atoms with Gasteiger partial charge in [0.15, 0.2) is 0 Å². The van der Waals surface area contributed by atoms with Crippen molar-refractivity contribution in [1.82, 2.24) is 20.0 Å². The van der Waals surface area contributed by atoms with Crippen LogP contribution in [0.2, 0.25) is 0 Å². The molecule has 0 spiro atoms. The maximum absolute atomic E-state index is 11.3. The first kappa shape index (κ1) is 18.9. The van der Waals surface area contributed by atoms with Gasteiger partial charge >= 0.3 is 0 Å². The lowest BCUT2D eigenvalue weighted by Gasteiger charge is -2.29. The van der Waals surface area contributed by atoms with Crippen molar-refractivity contribution in [2.45, 2.75) is 6.92 Å². The summed E-state index contributed by atoms with van der Waals surface area (Å²) in [5, 5.41) is 3.35. The molecular weight excluding hydrogens is 284 g/mol. The summed E-state index contributed by atoms with van der Waals surface area (Å²) >= 11 is 0. The molecular formula is C15H28N4O3. The highest BCUT2D eigenvalue weighted by atomic mass is 16.1. The third-order valence-electron chi connectivity index (χ3n) is 3.79. The normalized spacial score (nSPS) is 20.8. The minimum Gasteiger partial charge on any atom is -0.314 e. The molecule has 126 valence electrons. The Balaban J connectivity index is 2.60. The zero-order valence-electron chi connectivity index (χ0n) is 13.5. The van der Waals surface area contributed by atoms with E-state index in [2.05, 4.69) is 20.0 Å². The van der Waals surface area contributed by atoms with Gasteiger partial charge in [-0.1, -0.05) is 0 Å². The Morgan fingerprint density at radius 2 is 1.32 bits per heavy atom. The van der Waals surface area contributed by atoms with Gasteiger partial charge in [-0.2, -0.15) is 0 Å². The Morgan fingerprint density at radius 1 is 0.864 bits per heavy atom. The molecule has 1 aliphatic rings. The molecule has 0 aromatic rings. The van der Waals surface area contributed by atoms with Crippen LogP contribution in [0.5, 0.6) is 0 Å². The van der Waals surface area contributed by atoms with Crippen LogP contribution in [-0.2, 0) is 14.4 Å². The lowest BCUT2D eigenvalue weighted by atomic mass is 10.3. The van der Waals surface area contributed by atoms with E-state index in [0.717, 1.165) is 64.9 Å². The topological polar surface area (TPSA) is 73.0 Å². The quantitative estimate of drug-likeness (QED) is 0.597. The van der Waals surface area contributed by atoms with Crippen molar-refractivity contribution >= 4 is 18.4 Å². The molecule has 22 heavy (non-hydrogen) atoms. The highest BCUT2D eigenvalue weighted by Gasteiger charge is 2.13. The van der Waals surface area contributed by atoms with Gasteiger partial charge in [0, 0.05) is 52.4 Å². The van der Waals surface area contributed by atoms with E-state index < -0.39 is 0 Å². The number of carbonyl (C=O) groups is 3. The number of ketones is 1. The summed E-state index contributed by atoms with van der Waals surface area (Å²) in [6, 6.07) is 0. The van der Waals surface area contributed by atoms with Crippen LogP contribution < -0.4 is 5.32 Å². The summed E-state index contributed by atoms with van der Waals surface area (Å²) in [5.74, 6) is 0.159. The minimum atomic E-state index is 0.159. The lowest BCUT2D eigenvalue weighted by Crippen LogP contribution is -2.46. The first-order valence-electron chi connectivity index (χ1n) is 7.90. The molecule has 0 aliphatic carbocycles. The van der Waals surface area contributed by atoms with Gasteiger partial charge in [0.2, 0.25) is 0 Å². The van der Waals surface area contributed by atoms with Gasteiger partial charge in [-0.05, 0) is 6.92 Å². The van der Waals surface area contributed by atoms with E-state index in [0.29, 0.717) is 19.6 Å². The fourth-order valence-corrected chi connectivity index (χ4v) is 2.55. The molecule has 0 atom stereocenters. The van der Waals surface area contributed by atoms with Crippen LogP contribution in [-0.4, -0.2) is 105 Å². The molecule has 0 radical (unpaired) electrons. The highest BCUT2D eigenvalue weighted by Crippen LogP contribution is 1.96. The number of nitrogens with zero attached hydrogens (tertiary/aromatic N) is 3. The van der Waals surface area contributed by atoms with Gasteiger partial charge in [-0.3, -0.25) is 19.5 Å². The molecule has 7 nitrogen and oxygen atoms in total. The zero-order chi connectivity index (χ0) is 16.2. The fourth-order valence-electron chi connectivity index (χ4n) is 2.55. The van der Waals surface area contributed by atoms with Crippen LogP contribution >= 0.6 is 0 Å². The molecule has 1 heterocycles. The molecule has 0 unspecified atom stereocenters. The summed E-state index contributed by atoms with van der Waals surface area (Å²) in [6.45, 7) is 9.14. The van der Waals surface area contributed by atoms with E-state index in [9.17, 15) is 14.4 Å². The summed E-state index contributed by atoms with van der Waals surface area (Å²) in [4.78, 5) is 39.2. The van der Waals surface area contributed by atoms with E-state index in [1.807, 2.05) is 0 Å². The highest BCUT2D eigenvalue weighted by molar-refractivity contribution is 5.77. The third kappa shape index (κ3) is 8.33. The largest absolute Gasteiger partial charge is 0.314 e. The monoisotopic (exact) mass is 312 g/mol. The molecule has 0 amide bonds. The summed E-state index contributed by atoms with van der Waals surface area (Å²) < 4.78 is 0. The maximum atomic E-state index is 11.3. The smallest absolute Gasteiger partial charge is 0.143 e. The second kappa shape index (κ2) is 11.4. The van der Waals surface area contributed by atoms with Crippen molar-refractivity contribution in [1.29, 1.82) is 0 Å². The van der Waals surface area contributed by atoms with Crippen molar-refractivity contribution in [2.75, 3.05) is 72.0 Å². The number of nitrogens with one attached hydrogen (secondary N) is 1. The number of carbonyl (C=O) groups excluding carboxylic acids is 3. The third-order valence-corrected chi connectivity index (χ3v) is 3.79. The lowest BCUT2D eigenvalue weighted by molar-refractivity contribution is -0.118. The van der Waals surface area contributed by atoms with Crippen molar-refractivity contribution in [3.8, 4) is 0 Å². The van der Waals surface area contributed by atoms with E-state index >= 15 is 0 Å². The van der Waals surface area contributed by atoms with Gasteiger partial charge in [0.05, 0.1) is 19.6 Å². The fraction of sp³-hybridized carbons (Fsp3) is 0.800. The van der Waals surface area contributed by atoms with Crippen LogP contribution in [0.4, 0.5) is 0 Å². The maximum Gasteiger partial charge on any atom is 0.143 e. The second-order valence-corrected chi connectivity index (χ2v) is 5.66. The van der Waals surface area contributed by atoms with Crippen molar-refractivity contribution in [2.24, 2.45) is 0 Å². The molecule has 1 aliphatic heterocycles. The number of aldehydes is 2. The van der Waals surface area contributed by atoms with E-state index in [4.69, 9.17) is 0 Å². The predicted molar refractivity (Wildman–Crippen MR) is 85.0 cm³/mol. The van der Waals surface area contributed by atoms with Crippen molar-refractivity contribution in [3.05, 3.63) is 0 Å². The Hall–Kier alpha value is -1.15. The molecule has 0 saturated carbocycles. The van der Waals surface area contributed by atoms with Crippen LogP contribution in [0.1, 0.15) is 6.92 Å². The second-order valence-electron chi connectivity index (χ2n) is 5.66. The molecule has 0 aromatic carbocycles. The van der Waals surface area contributed by atoms with Crippen molar-refractivity contribution in [3.63, 3.8) is 0 Å². The summed E-state index contributed by atoms with van der Waals surface area (Å²) in [6.07, 6.45) is 1.83. The Kier molecular flexibility index (Phi) is 9.81. The number of hydrogen-bond donors (Lipinski definition) is 1. The number of hydrogen-bond acceptors (Lipinski definition) is 7. The average molecular weight is 312 g/mol. The van der Waals surface area contributed by atoms with Gasteiger partial charge in [0.1, 0.15) is 18.4 Å². The van der Waals surface area contributed by atoms with E-state index in [1.165, 1.54) is 0 Å². The summed E-state index contributed by atoms with van der Waals surface area (Å²) in [7, 11) is 0. The number of rotatable bonds is 6. The molecule has 7 heteroatoms. The molecule has 1 fully saturated rings. The minimum absolute atomic E-state index is 0.159. The zero-order valence-corrected chi connectivity index (χ0v) is 13.5. The number of Topliss-reactive ketones (excluding diaryl/α,β-unsaturated/α-hetero) is 1. The van der Waals surface area contributed by atoms with Gasteiger partial charge in [-0.25, -0.2) is 0 Å². The molecule has 0 aromatic heterocycles. The molecule has 1 rings (SSSR count). The van der Waals surface area contributed by atoms with E-state index in [1.54, 1.807) is 6.92 Å². The standard InChI is InChI=1S/C15H28N4O3/c1-15(22)14-19-5-3-16-2-4-17(10-12-20)6-7-18(8-9-19)11-13-21/h12-13,16H,2-11,14H2,1H3. The van der Waals surface area contributed by atoms with Crippen LogP contribution in [0.3, 0.4) is 0 Å². The predicted octanol–water partition coefficient (Wildman–Crippen LogP) is -1.52. The van der Waals surface area contributed by atoms with E-state index in [-0.39, 0.29) is 5.78 Å². The van der Waals surface area contributed by atoms with Crippen LogP contribution in [0.15, 0.2) is 0 Å². The molecule has 1 saturated heterocycles. The Bertz CT molecular complexity index is 352. The SMILES string of the molecule is CC(=O)CN1CCNCCN(CC=O)CCN(CC=O)CC1. The van der Waals surface area contributed by atoms with Gasteiger partial charge in [0.25, 0.3) is 0 Å². The Morgan fingerprint density at radius 3 is 1.82 bits per heavy atom. The molecule has 0 bridgehead atoms. The van der Waals surface area contributed by atoms with Crippen LogP contribution in [0, 0.1) is 0 Å². The first-order valence-corrected chi connectivity index (χ1v) is 7.90. The summed E-state index contributed by atoms with van der Waals surface area (Å²) in [5.41, 5.74) is 0. The van der Waals surface area contributed by atoms with Gasteiger partial charge in [-0.15, -0.1) is 0 Å². The van der Waals surface area contributed by atoms with Crippen molar-refractivity contribution < 1.29 is 14.4 Å². The molecule has 1 N–H and O–H groups in total. The average Bonchev–Trinajstić information content (AvgIpc) is 2.46. The first-order chi connectivity index (χ1) is 10.7. The van der Waals surface area contributed by atoms with Gasteiger partial charge < -0.3 is 14.9 Å².